The molecule has 5 heteroatoms. The van der Waals surface area contributed by atoms with Gasteiger partial charge >= 0.3 is 0 Å². The van der Waals surface area contributed by atoms with E-state index < -0.39 is 23.4 Å². The van der Waals surface area contributed by atoms with Gasteiger partial charge in [-0.1, -0.05) is 6.42 Å². The van der Waals surface area contributed by atoms with Crippen molar-refractivity contribution in [3.05, 3.63) is 35.1 Å². The number of amides is 1. The molecule has 0 radical (unpaired) electrons. The second kappa shape index (κ2) is 5.63. The zero-order chi connectivity index (χ0) is 14.0. The molecule has 1 amide bonds. The Morgan fingerprint density at radius 3 is 2.26 bits per heavy atom. The topological polar surface area (TPSA) is 20.3 Å². The molecule has 0 bridgehead atoms. The molecule has 0 N–H and O–H groups in total. The molecule has 1 aliphatic rings. The van der Waals surface area contributed by atoms with Crippen molar-refractivity contribution in [1.29, 1.82) is 0 Å². The monoisotopic (exact) mass is 271 g/mol. The van der Waals surface area contributed by atoms with E-state index in [9.17, 15) is 18.0 Å². The number of carbonyl (C=O) groups is 1. The summed E-state index contributed by atoms with van der Waals surface area (Å²) in [4.78, 5) is 13.7. The fourth-order valence-electron chi connectivity index (χ4n) is 2.20. The molecule has 0 aromatic heterocycles. The Morgan fingerprint density at radius 1 is 1.26 bits per heavy atom. The molecular formula is C14H16F3NO. The van der Waals surface area contributed by atoms with Gasteiger partial charge in [-0.3, -0.25) is 4.79 Å². The molecule has 1 saturated carbocycles. The summed E-state index contributed by atoms with van der Waals surface area (Å²) in [5, 5.41) is 0. The lowest BCUT2D eigenvalue weighted by Crippen LogP contribution is -2.37. The number of benzene rings is 1. The smallest absolute Gasteiger partial charge is 0.254 e. The van der Waals surface area contributed by atoms with Crippen LogP contribution in [0, 0.1) is 23.4 Å². The molecule has 1 aliphatic carbocycles. The second-order valence-corrected chi connectivity index (χ2v) is 4.89. The molecule has 1 aromatic rings. The second-order valence-electron chi connectivity index (χ2n) is 4.89. The molecule has 0 unspecified atom stereocenters. The first-order chi connectivity index (χ1) is 9.02. The third kappa shape index (κ3) is 2.91. The number of nitrogens with zero attached hydrogens (tertiary/aromatic N) is 1. The normalized spacial score (nSPS) is 15.2. The lowest BCUT2D eigenvalue weighted by molar-refractivity contribution is 0.0705. The maximum Gasteiger partial charge on any atom is 0.254 e. The Bertz CT molecular complexity index is 463. The molecule has 0 heterocycles. The van der Waals surface area contributed by atoms with Crippen molar-refractivity contribution in [2.24, 2.45) is 5.92 Å². The van der Waals surface area contributed by atoms with Crippen molar-refractivity contribution in [3.63, 3.8) is 0 Å². The molecule has 2 nitrogen and oxygen atoms in total. The Kier molecular flexibility index (Phi) is 4.12. The van der Waals surface area contributed by atoms with Gasteiger partial charge in [0.05, 0.1) is 0 Å². The van der Waals surface area contributed by atoms with Crippen molar-refractivity contribution in [2.45, 2.75) is 26.2 Å². The Balaban J connectivity index is 2.16. The van der Waals surface area contributed by atoms with Crippen LogP contribution in [0.4, 0.5) is 13.2 Å². The van der Waals surface area contributed by atoms with Crippen molar-refractivity contribution in [3.8, 4) is 0 Å². The van der Waals surface area contributed by atoms with Gasteiger partial charge in [0.25, 0.3) is 5.91 Å². The van der Waals surface area contributed by atoms with Crippen LogP contribution in [-0.2, 0) is 0 Å². The van der Waals surface area contributed by atoms with E-state index >= 15 is 0 Å². The molecular weight excluding hydrogens is 255 g/mol. The molecule has 1 aromatic carbocycles. The molecule has 0 atom stereocenters. The summed E-state index contributed by atoms with van der Waals surface area (Å²) in [6, 6.07) is 1.51. The van der Waals surface area contributed by atoms with Gasteiger partial charge in [-0.2, -0.15) is 0 Å². The van der Waals surface area contributed by atoms with Crippen LogP contribution < -0.4 is 0 Å². The van der Waals surface area contributed by atoms with E-state index in [2.05, 4.69) is 0 Å². The number of hydrogen-bond acceptors (Lipinski definition) is 1. The van der Waals surface area contributed by atoms with Crippen LogP contribution in [0.5, 0.6) is 0 Å². The van der Waals surface area contributed by atoms with Crippen LogP contribution in [0.1, 0.15) is 36.5 Å². The number of rotatable bonds is 4. The van der Waals surface area contributed by atoms with Gasteiger partial charge in [-0.25, -0.2) is 13.2 Å². The predicted octanol–water partition coefficient (Wildman–Crippen LogP) is 3.37. The van der Waals surface area contributed by atoms with E-state index in [1.54, 1.807) is 4.90 Å². The summed E-state index contributed by atoms with van der Waals surface area (Å²) in [7, 11) is 0. The zero-order valence-corrected chi connectivity index (χ0v) is 10.8. The maximum absolute atomic E-state index is 13.1. The lowest BCUT2D eigenvalue weighted by Gasteiger charge is -2.31. The Labute approximate surface area is 110 Å². The van der Waals surface area contributed by atoms with Crippen molar-refractivity contribution in [1.82, 2.24) is 4.90 Å². The summed E-state index contributed by atoms with van der Waals surface area (Å²) in [6.45, 7) is 2.87. The minimum absolute atomic E-state index is 0.141. The molecule has 1 fully saturated rings. The quantitative estimate of drug-likeness (QED) is 0.769. The standard InChI is InChI=1S/C14H16F3NO/c1-2-18(8-9-4-3-5-9)14(19)10-6-11(15)13(17)12(16)7-10/h6-7,9H,2-5,8H2,1H3. The van der Waals surface area contributed by atoms with E-state index in [0.717, 1.165) is 31.4 Å². The van der Waals surface area contributed by atoms with E-state index in [1.807, 2.05) is 6.92 Å². The van der Waals surface area contributed by atoms with E-state index in [0.29, 0.717) is 19.0 Å². The van der Waals surface area contributed by atoms with E-state index in [1.165, 1.54) is 0 Å². The van der Waals surface area contributed by atoms with Gasteiger partial charge < -0.3 is 4.90 Å². The van der Waals surface area contributed by atoms with Gasteiger partial charge in [0.15, 0.2) is 17.5 Å². The highest BCUT2D eigenvalue weighted by molar-refractivity contribution is 5.94. The van der Waals surface area contributed by atoms with Gasteiger partial charge in [0.2, 0.25) is 0 Å². The number of carbonyl (C=O) groups excluding carboxylic acids is 1. The summed E-state index contributed by atoms with van der Waals surface area (Å²) >= 11 is 0. The van der Waals surface area contributed by atoms with Crippen LogP contribution >= 0.6 is 0 Å². The third-order valence-electron chi connectivity index (χ3n) is 3.60. The van der Waals surface area contributed by atoms with E-state index in [-0.39, 0.29) is 5.56 Å². The number of halogens is 3. The van der Waals surface area contributed by atoms with Crippen molar-refractivity contribution < 1.29 is 18.0 Å². The van der Waals surface area contributed by atoms with Gasteiger partial charge in [-0.15, -0.1) is 0 Å². The van der Waals surface area contributed by atoms with Gasteiger partial charge in [-0.05, 0) is 37.8 Å². The van der Waals surface area contributed by atoms with Crippen LogP contribution in [0.2, 0.25) is 0 Å². The third-order valence-corrected chi connectivity index (χ3v) is 3.60. The average molecular weight is 271 g/mol. The minimum atomic E-state index is -1.54. The van der Waals surface area contributed by atoms with Gasteiger partial charge in [0.1, 0.15) is 0 Å². The molecule has 0 spiro atoms. The lowest BCUT2D eigenvalue weighted by atomic mass is 9.85. The van der Waals surface area contributed by atoms with Crippen LogP contribution in [-0.4, -0.2) is 23.9 Å². The first-order valence-electron chi connectivity index (χ1n) is 6.46. The molecule has 0 saturated heterocycles. The highest BCUT2D eigenvalue weighted by Gasteiger charge is 2.24. The van der Waals surface area contributed by atoms with Crippen LogP contribution in [0.3, 0.4) is 0 Å². The summed E-state index contributed by atoms with van der Waals surface area (Å²) in [6.07, 6.45) is 3.32. The Hall–Kier alpha value is -1.52. The fourth-order valence-corrected chi connectivity index (χ4v) is 2.20. The maximum atomic E-state index is 13.1. The van der Waals surface area contributed by atoms with Crippen molar-refractivity contribution in [2.75, 3.05) is 13.1 Å². The first-order valence-corrected chi connectivity index (χ1v) is 6.46. The largest absolute Gasteiger partial charge is 0.339 e. The van der Waals surface area contributed by atoms with Crippen LogP contribution in [0.15, 0.2) is 12.1 Å². The van der Waals surface area contributed by atoms with Crippen molar-refractivity contribution >= 4 is 5.91 Å². The zero-order valence-electron chi connectivity index (χ0n) is 10.8. The van der Waals surface area contributed by atoms with Gasteiger partial charge in [0, 0.05) is 18.7 Å². The minimum Gasteiger partial charge on any atom is -0.339 e. The highest BCUT2D eigenvalue weighted by atomic mass is 19.2. The SMILES string of the molecule is CCN(CC1CCC1)C(=O)c1cc(F)c(F)c(F)c1. The predicted molar refractivity (Wildman–Crippen MR) is 65.2 cm³/mol. The molecule has 104 valence electrons. The summed E-state index contributed by atoms with van der Waals surface area (Å²) in [5.41, 5.74) is -0.141. The first kappa shape index (κ1) is 13.9. The van der Waals surface area contributed by atoms with Crippen LogP contribution in [0.25, 0.3) is 0 Å². The molecule has 19 heavy (non-hydrogen) atoms. The number of hydrogen-bond donors (Lipinski definition) is 0. The van der Waals surface area contributed by atoms with E-state index in [4.69, 9.17) is 0 Å². The summed E-state index contributed by atoms with van der Waals surface area (Å²) < 4.78 is 39.1. The highest BCUT2D eigenvalue weighted by Crippen LogP contribution is 2.27. The summed E-state index contributed by atoms with van der Waals surface area (Å²) in [5.74, 6) is -4.18. The average Bonchev–Trinajstić information content (AvgIpc) is 2.33. The fraction of sp³-hybridized carbons (Fsp3) is 0.500. The Morgan fingerprint density at radius 2 is 1.84 bits per heavy atom. The molecule has 2 rings (SSSR count). The molecule has 0 aliphatic heterocycles.